The third kappa shape index (κ3) is 4.46. The van der Waals surface area contributed by atoms with Gasteiger partial charge in [-0.15, -0.1) is 0 Å². The van der Waals surface area contributed by atoms with E-state index < -0.39 is 0 Å². The highest BCUT2D eigenvalue weighted by Gasteiger charge is 2.19. The van der Waals surface area contributed by atoms with E-state index in [-0.39, 0.29) is 11.0 Å². The van der Waals surface area contributed by atoms with Crippen molar-refractivity contribution in [3.8, 4) is 0 Å². The lowest BCUT2D eigenvalue weighted by molar-refractivity contribution is 0.241. The highest BCUT2D eigenvalue weighted by Crippen LogP contribution is 2.18. The highest BCUT2D eigenvalue weighted by molar-refractivity contribution is 5.39. The summed E-state index contributed by atoms with van der Waals surface area (Å²) in [5.41, 5.74) is 1.84. The second-order valence-corrected chi connectivity index (χ2v) is 7.88. The van der Waals surface area contributed by atoms with Crippen LogP contribution in [0.15, 0.2) is 29.3 Å². The van der Waals surface area contributed by atoms with E-state index in [1.165, 1.54) is 0 Å². The molecule has 0 saturated carbocycles. The van der Waals surface area contributed by atoms with Gasteiger partial charge in [0.15, 0.2) is 0 Å². The molecule has 0 atom stereocenters. The lowest BCUT2D eigenvalue weighted by atomic mass is 9.92. The number of hydrogen-bond donors (Lipinski definition) is 0. The third-order valence-electron chi connectivity index (χ3n) is 4.75. The Morgan fingerprint density at radius 3 is 2.42 bits per heavy atom. The monoisotopic (exact) mass is 356 g/mol. The van der Waals surface area contributed by atoms with Crippen molar-refractivity contribution in [2.75, 3.05) is 37.6 Å². The molecule has 2 aromatic rings. The topological polar surface area (TPSA) is 67.2 Å². The SMILES string of the molecule is Cc1cc(N2CCN(CCn3nc(C(C)(C)C)ccc3=O)CC2)ncn1. The number of hydrogen-bond acceptors (Lipinski definition) is 6. The molecule has 26 heavy (non-hydrogen) atoms. The minimum atomic E-state index is -0.0588. The Morgan fingerprint density at radius 2 is 1.77 bits per heavy atom. The lowest BCUT2D eigenvalue weighted by Crippen LogP contribution is -2.48. The zero-order valence-electron chi connectivity index (χ0n) is 16.1. The molecule has 0 spiro atoms. The van der Waals surface area contributed by atoms with Crippen LogP contribution in [0.5, 0.6) is 0 Å². The van der Waals surface area contributed by atoms with Crippen molar-refractivity contribution in [3.63, 3.8) is 0 Å². The molecule has 1 aliphatic rings. The summed E-state index contributed by atoms with van der Waals surface area (Å²) < 4.78 is 1.60. The minimum absolute atomic E-state index is 0.0342. The Hall–Kier alpha value is -2.28. The molecule has 7 nitrogen and oxygen atoms in total. The van der Waals surface area contributed by atoms with Gasteiger partial charge in [-0.25, -0.2) is 14.6 Å². The van der Waals surface area contributed by atoms with E-state index in [0.29, 0.717) is 6.54 Å². The zero-order chi connectivity index (χ0) is 18.7. The Bertz CT molecular complexity index is 802. The van der Waals surface area contributed by atoms with Crippen molar-refractivity contribution in [1.29, 1.82) is 0 Å². The Balaban J connectivity index is 1.57. The van der Waals surface area contributed by atoms with E-state index in [4.69, 9.17) is 0 Å². The molecule has 1 fully saturated rings. The first-order chi connectivity index (χ1) is 12.3. The summed E-state index contributed by atoms with van der Waals surface area (Å²) in [4.78, 5) is 25.3. The molecule has 0 aliphatic carbocycles. The molecular formula is C19H28N6O. The van der Waals surface area contributed by atoms with Gasteiger partial charge in [-0.3, -0.25) is 9.69 Å². The van der Waals surface area contributed by atoms with Crippen LogP contribution >= 0.6 is 0 Å². The van der Waals surface area contributed by atoms with Crippen LogP contribution in [0.25, 0.3) is 0 Å². The van der Waals surface area contributed by atoms with Crippen LogP contribution in [0, 0.1) is 6.92 Å². The molecule has 2 aromatic heterocycles. The fraction of sp³-hybridized carbons (Fsp3) is 0.579. The Morgan fingerprint density at radius 1 is 1.04 bits per heavy atom. The van der Waals surface area contributed by atoms with E-state index in [9.17, 15) is 4.79 Å². The van der Waals surface area contributed by atoms with Gasteiger partial charge >= 0.3 is 0 Å². The van der Waals surface area contributed by atoms with Crippen LogP contribution in [-0.4, -0.2) is 57.4 Å². The number of anilines is 1. The first kappa shape index (κ1) is 18.5. The largest absolute Gasteiger partial charge is 0.354 e. The summed E-state index contributed by atoms with van der Waals surface area (Å²) >= 11 is 0. The van der Waals surface area contributed by atoms with Crippen molar-refractivity contribution in [3.05, 3.63) is 46.3 Å². The van der Waals surface area contributed by atoms with E-state index in [2.05, 4.69) is 45.6 Å². The predicted molar refractivity (Wildman–Crippen MR) is 103 cm³/mol. The zero-order valence-corrected chi connectivity index (χ0v) is 16.1. The fourth-order valence-electron chi connectivity index (χ4n) is 3.06. The van der Waals surface area contributed by atoms with Crippen LogP contribution < -0.4 is 10.5 Å². The van der Waals surface area contributed by atoms with Crippen molar-refractivity contribution in [2.24, 2.45) is 0 Å². The quantitative estimate of drug-likeness (QED) is 0.826. The summed E-state index contributed by atoms with van der Waals surface area (Å²) in [6.07, 6.45) is 1.62. The number of nitrogens with zero attached hydrogens (tertiary/aromatic N) is 6. The molecule has 7 heteroatoms. The number of aromatic nitrogens is 4. The highest BCUT2D eigenvalue weighted by atomic mass is 16.1. The van der Waals surface area contributed by atoms with E-state index >= 15 is 0 Å². The van der Waals surface area contributed by atoms with Gasteiger partial charge < -0.3 is 4.90 Å². The molecule has 1 aliphatic heterocycles. The molecule has 0 N–H and O–H groups in total. The van der Waals surface area contributed by atoms with E-state index in [1.54, 1.807) is 17.1 Å². The summed E-state index contributed by atoms with van der Waals surface area (Å²) in [6, 6.07) is 5.49. The van der Waals surface area contributed by atoms with Gasteiger partial charge in [-0.1, -0.05) is 20.8 Å². The van der Waals surface area contributed by atoms with E-state index in [0.717, 1.165) is 49.9 Å². The second kappa shape index (κ2) is 7.53. The fourth-order valence-corrected chi connectivity index (χ4v) is 3.06. The Kier molecular flexibility index (Phi) is 5.36. The molecule has 140 valence electrons. The van der Waals surface area contributed by atoms with Gasteiger partial charge in [0.05, 0.1) is 12.2 Å². The molecule has 3 rings (SSSR count). The Labute approximate surface area is 154 Å². The second-order valence-electron chi connectivity index (χ2n) is 7.88. The van der Waals surface area contributed by atoms with Crippen molar-refractivity contribution in [2.45, 2.75) is 39.7 Å². The maximum atomic E-state index is 12.1. The van der Waals surface area contributed by atoms with Gasteiger partial charge in [0.2, 0.25) is 0 Å². The van der Waals surface area contributed by atoms with Crippen molar-refractivity contribution < 1.29 is 0 Å². The van der Waals surface area contributed by atoms with Crippen LogP contribution in [0.3, 0.4) is 0 Å². The average molecular weight is 356 g/mol. The normalized spacial score (nSPS) is 16.1. The van der Waals surface area contributed by atoms with Crippen LogP contribution in [0.4, 0.5) is 5.82 Å². The average Bonchev–Trinajstić information content (AvgIpc) is 2.60. The summed E-state index contributed by atoms with van der Waals surface area (Å²) in [7, 11) is 0. The molecule has 0 radical (unpaired) electrons. The molecule has 0 aromatic carbocycles. The summed E-state index contributed by atoms with van der Waals surface area (Å²) in [5.74, 6) is 0.993. The van der Waals surface area contributed by atoms with Crippen molar-refractivity contribution in [1.82, 2.24) is 24.6 Å². The molecular weight excluding hydrogens is 328 g/mol. The maximum Gasteiger partial charge on any atom is 0.266 e. The van der Waals surface area contributed by atoms with Crippen LogP contribution in [-0.2, 0) is 12.0 Å². The number of aryl methyl sites for hydroxylation is 1. The third-order valence-corrected chi connectivity index (χ3v) is 4.75. The standard InChI is InChI=1S/C19H28N6O/c1-15-13-17(21-14-20-15)24-10-7-23(8-11-24)9-12-25-18(26)6-5-16(22-25)19(2,3)4/h5-6,13-14H,7-12H2,1-4H3. The molecule has 3 heterocycles. The van der Waals surface area contributed by atoms with Gasteiger partial charge in [0, 0.05) is 56.0 Å². The van der Waals surface area contributed by atoms with E-state index in [1.807, 2.05) is 19.1 Å². The number of piperazine rings is 1. The van der Waals surface area contributed by atoms with Gasteiger partial charge in [0.25, 0.3) is 5.56 Å². The number of rotatable bonds is 4. The summed E-state index contributed by atoms with van der Waals surface area (Å²) in [5, 5.41) is 4.55. The summed E-state index contributed by atoms with van der Waals surface area (Å²) in [6.45, 7) is 13.5. The van der Waals surface area contributed by atoms with Gasteiger partial charge in [-0.2, -0.15) is 5.10 Å². The minimum Gasteiger partial charge on any atom is -0.354 e. The van der Waals surface area contributed by atoms with Gasteiger partial charge in [-0.05, 0) is 13.0 Å². The lowest BCUT2D eigenvalue weighted by Gasteiger charge is -2.35. The smallest absolute Gasteiger partial charge is 0.266 e. The predicted octanol–water partition coefficient (Wildman–Crippen LogP) is 1.46. The maximum absolute atomic E-state index is 12.1. The molecule has 0 bridgehead atoms. The first-order valence-corrected chi connectivity index (χ1v) is 9.17. The van der Waals surface area contributed by atoms with Gasteiger partial charge in [0.1, 0.15) is 12.1 Å². The molecule has 1 saturated heterocycles. The first-order valence-electron chi connectivity index (χ1n) is 9.17. The van der Waals surface area contributed by atoms with Crippen LogP contribution in [0.2, 0.25) is 0 Å². The molecule has 0 amide bonds. The molecule has 0 unspecified atom stereocenters. The van der Waals surface area contributed by atoms with Crippen LogP contribution in [0.1, 0.15) is 32.2 Å². The van der Waals surface area contributed by atoms with Crippen molar-refractivity contribution >= 4 is 5.82 Å².